The Kier molecular flexibility index (Phi) is 4.35. The molecule has 0 unspecified atom stereocenters. The molecule has 1 heterocycles. The molecule has 0 aliphatic carbocycles. The lowest BCUT2D eigenvalue weighted by atomic mass is 10.2. The first-order valence-corrected chi connectivity index (χ1v) is 7.70. The van der Waals surface area contributed by atoms with Gasteiger partial charge in [-0.1, -0.05) is 6.07 Å². The molecule has 1 amide bonds. The summed E-state index contributed by atoms with van der Waals surface area (Å²) < 4.78 is 27.1. The van der Waals surface area contributed by atoms with Crippen LogP contribution in [0.15, 0.2) is 53.7 Å². The number of sulfonamides is 1. The second-order valence-corrected chi connectivity index (χ2v) is 6.23. The molecule has 0 aliphatic rings. The molecule has 0 saturated carbocycles. The molecular weight excluding hydrogens is 290 g/mol. The first-order chi connectivity index (χ1) is 9.90. The lowest BCUT2D eigenvalue weighted by molar-refractivity contribution is 0.1000. The molecule has 1 atom stereocenters. The molecule has 2 aromatic rings. The van der Waals surface area contributed by atoms with Crippen LogP contribution in [0.1, 0.15) is 28.9 Å². The van der Waals surface area contributed by atoms with E-state index in [1.807, 2.05) is 0 Å². The zero-order valence-corrected chi connectivity index (χ0v) is 12.2. The maximum atomic E-state index is 12.2. The van der Waals surface area contributed by atoms with Crippen molar-refractivity contribution in [2.45, 2.75) is 17.9 Å². The number of primary amides is 1. The average molecular weight is 305 g/mol. The number of nitrogens with two attached hydrogens (primary N) is 1. The van der Waals surface area contributed by atoms with E-state index in [0.717, 1.165) is 5.56 Å². The Bertz CT molecular complexity index is 728. The van der Waals surface area contributed by atoms with Crippen molar-refractivity contribution >= 4 is 15.9 Å². The van der Waals surface area contributed by atoms with Crippen LogP contribution in [0.25, 0.3) is 0 Å². The minimum absolute atomic E-state index is 0.0724. The van der Waals surface area contributed by atoms with E-state index in [-0.39, 0.29) is 10.5 Å². The number of amides is 1. The molecule has 3 N–H and O–H groups in total. The number of hydrogen-bond donors (Lipinski definition) is 2. The minimum atomic E-state index is -3.68. The summed E-state index contributed by atoms with van der Waals surface area (Å²) in [6.45, 7) is 1.73. The Hall–Kier alpha value is -2.25. The van der Waals surface area contributed by atoms with Gasteiger partial charge in [0.2, 0.25) is 15.9 Å². The highest BCUT2D eigenvalue weighted by Crippen LogP contribution is 2.16. The lowest BCUT2D eigenvalue weighted by Gasteiger charge is -2.14. The van der Waals surface area contributed by atoms with E-state index in [0.29, 0.717) is 0 Å². The Morgan fingerprint density at radius 2 is 1.90 bits per heavy atom. The monoisotopic (exact) mass is 305 g/mol. The van der Waals surface area contributed by atoms with Crippen LogP contribution in [0, 0.1) is 0 Å². The second-order valence-electron chi connectivity index (χ2n) is 4.52. The van der Waals surface area contributed by atoms with Gasteiger partial charge in [0.1, 0.15) is 0 Å². The number of pyridine rings is 1. The molecule has 0 bridgehead atoms. The third-order valence-electron chi connectivity index (χ3n) is 2.97. The summed E-state index contributed by atoms with van der Waals surface area (Å²) in [6.07, 6.45) is 3.22. The van der Waals surface area contributed by atoms with Crippen molar-refractivity contribution in [1.29, 1.82) is 0 Å². The standard InChI is InChI=1S/C14H15N3O3S/c1-10(12-3-2-8-16-9-12)17-21(19,20)13-6-4-11(5-7-13)14(15)18/h2-10,17H,1H3,(H2,15,18)/t10-/m0/s1. The average Bonchev–Trinajstić information content (AvgIpc) is 2.48. The van der Waals surface area contributed by atoms with Crippen LogP contribution in [0.3, 0.4) is 0 Å². The fourth-order valence-electron chi connectivity index (χ4n) is 1.80. The van der Waals surface area contributed by atoms with E-state index in [4.69, 9.17) is 5.73 Å². The summed E-state index contributed by atoms with van der Waals surface area (Å²) in [7, 11) is -3.68. The molecule has 1 aromatic carbocycles. The Labute approximate surface area is 123 Å². The zero-order chi connectivity index (χ0) is 15.5. The molecule has 0 aliphatic heterocycles. The van der Waals surface area contributed by atoms with Gasteiger partial charge in [0.25, 0.3) is 0 Å². The molecule has 1 aromatic heterocycles. The number of rotatable bonds is 5. The summed E-state index contributed by atoms with van der Waals surface area (Å²) in [6, 6.07) is 8.56. The maximum Gasteiger partial charge on any atom is 0.248 e. The highest BCUT2D eigenvalue weighted by molar-refractivity contribution is 7.89. The van der Waals surface area contributed by atoms with E-state index < -0.39 is 22.0 Å². The van der Waals surface area contributed by atoms with Gasteiger partial charge in [-0.05, 0) is 42.8 Å². The molecule has 0 fully saturated rings. The molecule has 21 heavy (non-hydrogen) atoms. The molecular formula is C14H15N3O3S. The van der Waals surface area contributed by atoms with Crippen molar-refractivity contribution < 1.29 is 13.2 Å². The first-order valence-electron chi connectivity index (χ1n) is 6.22. The van der Waals surface area contributed by atoms with Gasteiger partial charge >= 0.3 is 0 Å². The van der Waals surface area contributed by atoms with Gasteiger partial charge in [-0.2, -0.15) is 0 Å². The van der Waals surface area contributed by atoms with Crippen molar-refractivity contribution in [3.63, 3.8) is 0 Å². The maximum absolute atomic E-state index is 12.2. The largest absolute Gasteiger partial charge is 0.366 e. The third kappa shape index (κ3) is 3.65. The number of benzene rings is 1. The fraction of sp³-hybridized carbons (Fsp3) is 0.143. The van der Waals surface area contributed by atoms with Crippen LogP contribution in [-0.2, 0) is 10.0 Å². The van der Waals surface area contributed by atoms with Crippen LogP contribution < -0.4 is 10.5 Å². The molecule has 7 heteroatoms. The van der Waals surface area contributed by atoms with Crippen LogP contribution in [0.2, 0.25) is 0 Å². The normalized spacial score (nSPS) is 12.8. The Morgan fingerprint density at radius 3 is 2.43 bits per heavy atom. The number of nitrogens with one attached hydrogen (secondary N) is 1. The van der Waals surface area contributed by atoms with Crippen LogP contribution in [-0.4, -0.2) is 19.3 Å². The lowest BCUT2D eigenvalue weighted by Crippen LogP contribution is -2.27. The first kappa shape index (κ1) is 15.1. The van der Waals surface area contributed by atoms with Crippen molar-refractivity contribution in [1.82, 2.24) is 9.71 Å². The third-order valence-corrected chi connectivity index (χ3v) is 4.52. The highest BCUT2D eigenvalue weighted by atomic mass is 32.2. The molecule has 0 saturated heterocycles. The Morgan fingerprint density at radius 1 is 1.24 bits per heavy atom. The van der Waals surface area contributed by atoms with Gasteiger partial charge in [-0.15, -0.1) is 0 Å². The predicted octanol–water partition coefficient (Wildman–Crippen LogP) is 1.22. The molecule has 110 valence electrons. The number of aromatic nitrogens is 1. The van der Waals surface area contributed by atoms with Crippen LogP contribution >= 0.6 is 0 Å². The van der Waals surface area contributed by atoms with Crippen molar-refractivity contribution in [2.75, 3.05) is 0 Å². The molecule has 0 spiro atoms. The van der Waals surface area contributed by atoms with E-state index in [2.05, 4.69) is 9.71 Å². The summed E-state index contributed by atoms with van der Waals surface area (Å²) in [5.74, 6) is -0.601. The van der Waals surface area contributed by atoms with Gasteiger partial charge in [-0.3, -0.25) is 9.78 Å². The molecule has 2 rings (SSSR count). The van der Waals surface area contributed by atoms with Gasteiger partial charge in [0, 0.05) is 24.0 Å². The van der Waals surface area contributed by atoms with Gasteiger partial charge in [0.15, 0.2) is 0 Å². The van der Waals surface area contributed by atoms with Crippen LogP contribution in [0.5, 0.6) is 0 Å². The SMILES string of the molecule is C[C@H](NS(=O)(=O)c1ccc(C(N)=O)cc1)c1cccnc1. The van der Waals surface area contributed by atoms with Crippen molar-refractivity contribution in [2.24, 2.45) is 5.73 Å². The van der Waals surface area contributed by atoms with Crippen molar-refractivity contribution in [3.05, 3.63) is 59.9 Å². The van der Waals surface area contributed by atoms with Gasteiger partial charge in [-0.25, -0.2) is 13.1 Å². The van der Waals surface area contributed by atoms with Crippen molar-refractivity contribution in [3.8, 4) is 0 Å². The fourth-order valence-corrected chi connectivity index (χ4v) is 3.03. The molecule has 0 radical (unpaired) electrons. The topological polar surface area (TPSA) is 102 Å². The number of carbonyl (C=O) groups is 1. The van der Waals surface area contributed by atoms with Gasteiger partial charge < -0.3 is 5.73 Å². The summed E-state index contributed by atoms with van der Waals surface area (Å²) in [5, 5.41) is 0. The van der Waals surface area contributed by atoms with E-state index >= 15 is 0 Å². The number of hydrogen-bond acceptors (Lipinski definition) is 4. The number of nitrogens with zero attached hydrogens (tertiary/aromatic N) is 1. The van der Waals surface area contributed by atoms with Crippen LogP contribution in [0.4, 0.5) is 0 Å². The predicted molar refractivity (Wildman–Crippen MR) is 77.9 cm³/mol. The number of carbonyl (C=O) groups excluding carboxylic acids is 1. The quantitative estimate of drug-likeness (QED) is 0.867. The smallest absolute Gasteiger partial charge is 0.248 e. The highest BCUT2D eigenvalue weighted by Gasteiger charge is 2.18. The van der Waals surface area contributed by atoms with E-state index in [1.54, 1.807) is 31.5 Å². The minimum Gasteiger partial charge on any atom is -0.366 e. The second kappa shape index (κ2) is 6.02. The summed E-state index contributed by atoms with van der Waals surface area (Å²) in [5.41, 5.74) is 6.14. The van der Waals surface area contributed by atoms with Gasteiger partial charge in [0.05, 0.1) is 4.90 Å². The summed E-state index contributed by atoms with van der Waals surface area (Å²) >= 11 is 0. The molecule has 6 nitrogen and oxygen atoms in total. The van der Waals surface area contributed by atoms with E-state index in [1.165, 1.54) is 24.3 Å². The zero-order valence-electron chi connectivity index (χ0n) is 11.4. The summed E-state index contributed by atoms with van der Waals surface area (Å²) in [4.78, 5) is 15.0. The van der Waals surface area contributed by atoms with E-state index in [9.17, 15) is 13.2 Å². The Balaban J connectivity index is 2.20.